The maximum Gasteiger partial charge on any atom is 0.129 e. The van der Waals surface area contributed by atoms with Crippen LogP contribution in [0.25, 0.3) is 0 Å². The van der Waals surface area contributed by atoms with Gasteiger partial charge in [0.2, 0.25) is 0 Å². The predicted octanol–water partition coefficient (Wildman–Crippen LogP) is 4.08. The van der Waals surface area contributed by atoms with Gasteiger partial charge < -0.3 is 10.2 Å². The van der Waals surface area contributed by atoms with E-state index in [0.29, 0.717) is 12.0 Å². The summed E-state index contributed by atoms with van der Waals surface area (Å²) in [6.07, 6.45) is 5.32. The Morgan fingerprint density at radius 2 is 1.71 bits per heavy atom. The lowest BCUT2D eigenvalue weighted by atomic mass is 10.1. The molecule has 0 aliphatic carbocycles. The first-order valence-electron chi connectivity index (χ1n) is 8.55. The molecule has 2 rings (SSSR count). The summed E-state index contributed by atoms with van der Waals surface area (Å²) in [5.74, 6) is 1.67. The van der Waals surface area contributed by atoms with Gasteiger partial charge in [0.05, 0.1) is 0 Å². The fraction of sp³-hybridized carbons (Fsp3) is 0.722. The van der Waals surface area contributed by atoms with Crippen LogP contribution < -0.4 is 10.2 Å². The Labute approximate surface area is 130 Å². The molecule has 0 bridgehead atoms. The molecule has 21 heavy (non-hydrogen) atoms. The average molecular weight is 289 g/mol. The summed E-state index contributed by atoms with van der Waals surface area (Å²) >= 11 is 0. The number of nitrogens with one attached hydrogen (secondary N) is 1. The van der Waals surface area contributed by atoms with E-state index in [4.69, 9.17) is 4.98 Å². The molecule has 1 aromatic rings. The van der Waals surface area contributed by atoms with E-state index in [1.807, 2.05) is 0 Å². The Hall–Kier alpha value is -1.09. The lowest BCUT2D eigenvalue weighted by Crippen LogP contribution is -2.26. The molecule has 0 radical (unpaired) electrons. The molecule has 1 aromatic heterocycles. The van der Waals surface area contributed by atoms with Gasteiger partial charge in [0, 0.05) is 31.4 Å². The molecule has 0 amide bonds. The molecule has 1 aliphatic heterocycles. The van der Waals surface area contributed by atoms with Crippen molar-refractivity contribution in [2.24, 2.45) is 0 Å². The SMILES string of the molecule is CC(C)NCc1cc(C(C)C)nc(N2CCCCCC2)c1. The lowest BCUT2D eigenvalue weighted by Gasteiger charge is -2.23. The van der Waals surface area contributed by atoms with E-state index in [-0.39, 0.29) is 0 Å². The number of anilines is 1. The van der Waals surface area contributed by atoms with Crippen LogP contribution in [0.3, 0.4) is 0 Å². The summed E-state index contributed by atoms with van der Waals surface area (Å²) in [7, 11) is 0. The van der Waals surface area contributed by atoms with Gasteiger partial charge in [-0.05, 0) is 36.5 Å². The molecule has 0 spiro atoms. The van der Waals surface area contributed by atoms with E-state index in [9.17, 15) is 0 Å². The van der Waals surface area contributed by atoms with E-state index in [0.717, 1.165) is 19.6 Å². The average Bonchev–Trinajstić information content (AvgIpc) is 2.73. The number of nitrogens with zero attached hydrogens (tertiary/aromatic N) is 2. The Bertz CT molecular complexity index is 432. The molecule has 3 nitrogen and oxygen atoms in total. The van der Waals surface area contributed by atoms with Crippen LogP contribution in [0, 0.1) is 0 Å². The highest BCUT2D eigenvalue weighted by Crippen LogP contribution is 2.23. The third-order valence-electron chi connectivity index (χ3n) is 4.13. The second kappa shape index (κ2) is 7.79. The van der Waals surface area contributed by atoms with Gasteiger partial charge in [0.1, 0.15) is 5.82 Å². The molecule has 2 heterocycles. The zero-order chi connectivity index (χ0) is 15.2. The van der Waals surface area contributed by atoms with E-state index in [2.05, 4.69) is 50.0 Å². The minimum absolute atomic E-state index is 0.481. The second-order valence-electron chi connectivity index (χ2n) is 6.85. The third-order valence-corrected chi connectivity index (χ3v) is 4.13. The number of rotatable bonds is 5. The summed E-state index contributed by atoms with van der Waals surface area (Å²) < 4.78 is 0. The van der Waals surface area contributed by atoms with Gasteiger partial charge in [-0.2, -0.15) is 0 Å². The first-order chi connectivity index (χ1) is 10.1. The highest BCUT2D eigenvalue weighted by Gasteiger charge is 2.14. The molecular weight excluding hydrogens is 258 g/mol. The first kappa shape index (κ1) is 16.3. The van der Waals surface area contributed by atoms with E-state index < -0.39 is 0 Å². The Morgan fingerprint density at radius 3 is 2.29 bits per heavy atom. The quantitative estimate of drug-likeness (QED) is 0.885. The van der Waals surface area contributed by atoms with Gasteiger partial charge in [-0.1, -0.05) is 40.5 Å². The summed E-state index contributed by atoms with van der Waals surface area (Å²) in [6.45, 7) is 12.1. The smallest absolute Gasteiger partial charge is 0.129 e. The summed E-state index contributed by atoms with van der Waals surface area (Å²) in [6, 6.07) is 5.07. The van der Waals surface area contributed by atoms with Crippen LogP contribution in [-0.4, -0.2) is 24.1 Å². The molecule has 3 heteroatoms. The second-order valence-corrected chi connectivity index (χ2v) is 6.85. The zero-order valence-corrected chi connectivity index (χ0v) is 14.2. The molecule has 0 aromatic carbocycles. The Morgan fingerprint density at radius 1 is 1.05 bits per heavy atom. The zero-order valence-electron chi connectivity index (χ0n) is 14.2. The molecule has 1 N–H and O–H groups in total. The molecule has 118 valence electrons. The van der Waals surface area contributed by atoms with Gasteiger partial charge in [-0.3, -0.25) is 0 Å². The van der Waals surface area contributed by atoms with Crippen molar-refractivity contribution in [3.8, 4) is 0 Å². The largest absolute Gasteiger partial charge is 0.357 e. The van der Waals surface area contributed by atoms with E-state index >= 15 is 0 Å². The minimum Gasteiger partial charge on any atom is -0.357 e. The van der Waals surface area contributed by atoms with Gasteiger partial charge in [0.15, 0.2) is 0 Å². The Kier molecular flexibility index (Phi) is 6.04. The molecule has 1 saturated heterocycles. The molecule has 1 fully saturated rings. The van der Waals surface area contributed by atoms with Crippen LogP contribution in [-0.2, 0) is 6.54 Å². The highest BCUT2D eigenvalue weighted by molar-refractivity contribution is 5.43. The minimum atomic E-state index is 0.481. The van der Waals surface area contributed by atoms with Gasteiger partial charge >= 0.3 is 0 Å². The fourth-order valence-electron chi connectivity index (χ4n) is 2.78. The standard InChI is InChI=1S/C18H31N3/c1-14(2)17-11-16(13-19-15(3)4)12-18(20-17)21-9-7-5-6-8-10-21/h11-12,14-15,19H,5-10,13H2,1-4H3. The fourth-order valence-corrected chi connectivity index (χ4v) is 2.78. The molecular formula is C18H31N3. The van der Waals surface area contributed by atoms with Crippen LogP contribution in [0.5, 0.6) is 0 Å². The summed E-state index contributed by atoms with van der Waals surface area (Å²) in [5, 5.41) is 3.52. The van der Waals surface area contributed by atoms with E-state index in [1.165, 1.54) is 42.8 Å². The van der Waals surface area contributed by atoms with E-state index in [1.54, 1.807) is 0 Å². The molecule has 0 atom stereocenters. The molecule has 0 unspecified atom stereocenters. The number of aromatic nitrogens is 1. The van der Waals surface area contributed by atoms with Crippen LogP contribution in [0.15, 0.2) is 12.1 Å². The first-order valence-corrected chi connectivity index (χ1v) is 8.55. The van der Waals surface area contributed by atoms with Gasteiger partial charge in [0.25, 0.3) is 0 Å². The molecule has 1 aliphatic rings. The van der Waals surface area contributed by atoms with Crippen molar-refractivity contribution in [2.75, 3.05) is 18.0 Å². The van der Waals surface area contributed by atoms with Crippen molar-refractivity contribution in [3.63, 3.8) is 0 Å². The maximum atomic E-state index is 4.92. The van der Waals surface area contributed by atoms with Crippen LogP contribution in [0.4, 0.5) is 5.82 Å². The Balaban J connectivity index is 2.21. The highest BCUT2D eigenvalue weighted by atomic mass is 15.2. The normalized spacial score (nSPS) is 16.6. The predicted molar refractivity (Wildman–Crippen MR) is 91.0 cm³/mol. The third kappa shape index (κ3) is 4.99. The topological polar surface area (TPSA) is 28.2 Å². The van der Waals surface area contributed by atoms with Crippen molar-refractivity contribution < 1.29 is 0 Å². The van der Waals surface area contributed by atoms with Gasteiger partial charge in [-0.25, -0.2) is 4.98 Å². The van der Waals surface area contributed by atoms with Crippen molar-refractivity contribution >= 4 is 5.82 Å². The maximum absolute atomic E-state index is 4.92. The van der Waals surface area contributed by atoms with Crippen LogP contribution in [0.2, 0.25) is 0 Å². The number of hydrogen-bond acceptors (Lipinski definition) is 3. The summed E-state index contributed by atoms with van der Waals surface area (Å²) in [5.41, 5.74) is 2.58. The number of hydrogen-bond donors (Lipinski definition) is 1. The lowest BCUT2D eigenvalue weighted by molar-refractivity contribution is 0.587. The van der Waals surface area contributed by atoms with Crippen molar-refractivity contribution in [1.82, 2.24) is 10.3 Å². The van der Waals surface area contributed by atoms with Crippen molar-refractivity contribution in [2.45, 2.75) is 71.9 Å². The van der Waals surface area contributed by atoms with Crippen molar-refractivity contribution in [1.29, 1.82) is 0 Å². The van der Waals surface area contributed by atoms with Gasteiger partial charge in [-0.15, -0.1) is 0 Å². The van der Waals surface area contributed by atoms with Crippen LogP contribution >= 0.6 is 0 Å². The van der Waals surface area contributed by atoms with Crippen molar-refractivity contribution in [3.05, 3.63) is 23.4 Å². The summed E-state index contributed by atoms with van der Waals surface area (Å²) in [4.78, 5) is 7.41. The van der Waals surface area contributed by atoms with Crippen LogP contribution in [0.1, 0.15) is 70.6 Å². The number of pyridine rings is 1. The monoisotopic (exact) mass is 289 g/mol. The molecule has 0 saturated carbocycles.